The molecule has 0 saturated heterocycles. The minimum Gasteiger partial charge on any atom is -0.383 e. The first-order chi connectivity index (χ1) is 7.65. The highest BCUT2D eigenvalue weighted by atomic mass is 15.3. The maximum atomic E-state index is 8.58. The van der Waals surface area contributed by atoms with Crippen LogP contribution in [0.15, 0.2) is 0 Å². The minimum absolute atomic E-state index is 0.283. The van der Waals surface area contributed by atoms with Crippen LogP contribution in [0.1, 0.15) is 31.9 Å². The van der Waals surface area contributed by atoms with Gasteiger partial charge in [-0.1, -0.05) is 13.8 Å². The summed E-state index contributed by atoms with van der Waals surface area (Å²) in [6, 6.07) is 2.10. The van der Waals surface area contributed by atoms with E-state index >= 15 is 0 Å². The van der Waals surface area contributed by atoms with Crippen LogP contribution < -0.4 is 5.73 Å². The van der Waals surface area contributed by atoms with E-state index in [-0.39, 0.29) is 5.92 Å². The Morgan fingerprint density at radius 2 is 2.31 bits per heavy atom. The third-order valence-corrected chi connectivity index (χ3v) is 2.49. The molecule has 0 amide bonds. The number of nitrogens with two attached hydrogens (primary N) is 1. The quantitative estimate of drug-likeness (QED) is 0.813. The molecule has 0 spiro atoms. The summed E-state index contributed by atoms with van der Waals surface area (Å²) in [4.78, 5) is 0. The van der Waals surface area contributed by atoms with Gasteiger partial charge in [-0.2, -0.15) is 15.5 Å². The number of hydrogen-bond donors (Lipinski definition) is 2. The minimum atomic E-state index is 0.283. The standard InChI is InChI=1S/C10H14N6/c1-6(2)8-7-9(12)13-14-10(7)16(15-8)5-3-4-11/h6H,3,5H2,1-2H3,(H3,12,13,14). The Morgan fingerprint density at radius 1 is 1.56 bits per heavy atom. The van der Waals surface area contributed by atoms with Crippen LogP contribution >= 0.6 is 0 Å². The average molecular weight is 218 g/mol. The number of H-pyrrole nitrogens is 1. The first-order valence-corrected chi connectivity index (χ1v) is 5.22. The molecule has 6 heteroatoms. The largest absolute Gasteiger partial charge is 0.383 e. The number of aromatic amines is 1. The molecule has 6 nitrogen and oxygen atoms in total. The van der Waals surface area contributed by atoms with Gasteiger partial charge in [-0.3, -0.25) is 5.10 Å². The molecule has 0 aliphatic heterocycles. The van der Waals surface area contributed by atoms with Crippen molar-refractivity contribution >= 4 is 16.9 Å². The Balaban J connectivity index is 2.55. The zero-order chi connectivity index (χ0) is 11.7. The number of nitrogens with zero attached hydrogens (tertiary/aromatic N) is 4. The van der Waals surface area contributed by atoms with Crippen molar-refractivity contribution in [3.05, 3.63) is 5.69 Å². The summed E-state index contributed by atoms with van der Waals surface area (Å²) < 4.78 is 1.74. The summed E-state index contributed by atoms with van der Waals surface area (Å²) in [7, 11) is 0. The molecule has 16 heavy (non-hydrogen) atoms. The van der Waals surface area contributed by atoms with Gasteiger partial charge in [-0.25, -0.2) is 4.68 Å². The maximum absolute atomic E-state index is 8.58. The molecule has 0 aliphatic carbocycles. The van der Waals surface area contributed by atoms with E-state index in [1.807, 2.05) is 0 Å². The average Bonchev–Trinajstić information content (AvgIpc) is 2.77. The van der Waals surface area contributed by atoms with Crippen LogP contribution in [0.3, 0.4) is 0 Å². The summed E-state index contributed by atoms with van der Waals surface area (Å²) >= 11 is 0. The highest BCUT2D eigenvalue weighted by molar-refractivity contribution is 5.89. The molecule has 0 saturated carbocycles. The van der Waals surface area contributed by atoms with Crippen molar-refractivity contribution < 1.29 is 0 Å². The van der Waals surface area contributed by atoms with Crippen LogP contribution in [0.25, 0.3) is 11.0 Å². The summed E-state index contributed by atoms with van der Waals surface area (Å²) in [5, 5.41) is 20.8. The lowest BCUT2D eigenvalue weighted by Gasteiger charge is -2.00. The molecule has 0 bridgehead atoms. The van der Waals surface area contributed by atoms with Crippen LogP contribution in [-0.2, 0) is 6.54 Å². The van der Waals surface area contributed by atoms with Gasteiger partial charge in [0.1, 0.15) is 5.82 Å². The number of fused-ring (bicyclic) bond motifs is 1. The SMILES string of the molecule is CC(C)c1nn(CCC#N)c2n[nH]c(N)c12. The lowest BCUT2D eigenvalue weighted by Crippen LogP contribution is -2.02. The summed E-state index contributed by atoms with van der Waals surface area (Å²) in [6.07, 6.45) is 0.418. The van der Waals surface area contributed by atoms with E-state index in [9.17, 15) is 0 Å². The lowest BCUT2D eigenvalue weighted by molar-refractivity contribution is 0.619. The fourth-order valence-electron chi connectivity index (χ4n) is 1.73. The van der Waals surface area contributed by atoms with E-state index in [0.29, 0.717) is 18.8 Å². The second kappa shape index (κ2) is 3.85. The highest BCUT2D eigenvalue weighted by Crippen LogP contribution is 2.27. The normalized spacial score (nSPS) is 11.1. The van der Waals surface area contributed by atoms with Gasteiger partial charge in [0.15, 0.2) is 5.65 Å². The van der Waals surface area contributed by atoms with Gasteiger partial charge in [0, 0.05) is 0 Å². The summed E-state index contributed by atoms with van der Waals surface area (Å²) in [5.41, 5.74) is 7.48. The summed E-state index contributed by atoms with van der Waals surface area (Å²) in [6.45, 7) is 4.66. The van der Waals surface area contributed by atoms with Gasteiger partial charge in [0.2, 0.25) is 0 Å². The molecule has 2 heterocycles. The van der Waals surface area contributed by atoms with E-state index in [1.165, 1.54) is 0 Å². The zero-order valence-electron chi connectivity index (χ0n) is 9.36. The van der Waals surface area contributed by atoms with Crippen LogP contribution in [0.4, 0.5) is 5.82 Å². The molecule has 0 fully saturated rings. The molecule has 3 N–H and O–H groups in total. The maximum Gasteiger partial charge on any atom is 0.182 e. The number of rotatable bonds is 3. The highest BCUT2D eigenvalue weighted by Gasteiger charge is 2.18. The molecule has 2 rings (SSSR count). The van der Waals surface area contributed by atoms with Crippen LogP contribution in [0.5, 0.6) is 0 Å². The zero-order valence-corrected chi connectivity index (χ0v) is 9.36. The first-order valence-electron chi connectivity index (χ1n) is 5.22. The van der Waals surface area contributed by atoms with Crippen LogP contribution in [0.2, 0.25) is 0 Å². The van der Waals surface area contributed by atoms with E-state index in [0.717, 1.165) is 16.7 Å². The van der Waals surface area contributed by atoms with Gasteiger partial charge in [-0.15, -0.1) is 0 Å². The fraction of sp³-hybridized carbons (Fsp3) is 0.500. The fourth-order valence-corrected chi connectivity index (χ4v) is 1.73. The van der Waals surface area contributed by atoms with Crippen molar-refractivity contribution in [2.45, 2.75) is 32.7 Å². The van der Waals surface area contributed by atoms with Gasteiger partial charge in [0.25, 0.3) is 0 Å². The van der Waals surface area contributed by atoms with Crippen LogP contribution in [-0.4, -0.2) is 20.0 Å². The summed E-state index contributed by atoms with van der Waals surface area (Å²) in [5.74, 6) is 0.827. The molecule has 0 aromatic carbocycles. The Labute approximate surface area is 93.0 Å². The number of aryl methyl sites for hydroxylation is 1. The van der Waals surface area contributed by atoms with Crippen molar-refractivity contribution in [2.24, 2.45) is 0 Å². The second-order valence-corrected chi connectivity index (χ2v) is 4.01. The number of nitriles is 1. The topological polar surface area (TPSA) is 96.3 Å². The predicted octanol–water partition coefficient (Wildman–Crippen LogP) is 1.38. The van der Waals surface area contributed by atoms with E-state index in [1.54, 1.807) is 4.68 Å². The Hall–Kier alpha value is -2.03. The number of nitrogens with one attached hydrogen (secondary N) is 1. The second-order valence-electron chi connectivity index (χ2n) is 4.01. The number of anilines is 1. The monoisotopic (exact) mass is 218 g/mol. The van der Waals surface area contributed by atoms with Crippen LogP contribution in [0, 0.1) is 11.3 Å². The van der Waals surface area contributed by atoms with Gasteiger partial charge < -0.3 is 5.73 Å². The molecular weight excluding hydrogens is 204 g/mol. The van der Waals surface area contributed by atoms with Gasteiger partial charge in [0.05, 0.1) is 30.1 Å². The molecule has 0 aliphatic rings. The predicted molar refractivity (Wildman–Crippen MR) is 60.6 cm³/mol. The molecule has 0 radical (unpaired) electrons. The van der Waals surface area contributed by atoms with Gasteiger partial charge >= 0.3 is 0 Å². The first kappa shape index (κ1) is 10.5. The molecule has 84 valence electrons. The van der Waals surface area contributed by atoms with Crippen molar-refractivity contribution in [3.8, 4) is 6.07 Å². The number of hydrogen-bond acceptors (Lipinski definition) is 4. The van der Waals surface area contributed by atoms with Gasteiger partial charge in [-0.05, 0) is 5.92 Å². The third kappa shape index (κ3) is 1.50. The number of nitrogen functional groups attached to an aromatic ring is 1. The lowest BCUT2D eigenvalue weighted by atomic mass is 10.1. The third-order valence-electron chi connectivity index (χ3n) is 2.49. The van der Waals surface area contributed by atoms with Crippen molar-refractivity contribution in [1.29, 1.82) is 5.26 Å². The Kier molecular flexibility index (Phi) is 2.52. The molecule has 0 atom stereocenters. The van der Waals surface area contributed by atoms with Crippen molar-refractivity contribution in [3.63, 3.8) is 0 Å². The smallest absolute Gasteiger partial charge is 0.182 e. The molecule has 0 unspecified atom stereocenters. The molecular formula is C10H14N6. The Bertz CT molecular complexity index is 541. The van der Waals surface area contributed by atoms with Crippen molar-refractivity contribution in [1.82, 2.24) is 20.0 Å². The van der Waals surface area contributed by atoms with E-state index in [4.69, 9.17) is 11.0 Å². The van der Waals surface area contributed by atoms with E-state index in [2.05, 4.69) is 35.2 Å². The van der Waals surface area contributed by atoms with Crippen molar-refractivity contribution in [2.75, 3.05) is 5.73 Å². The molecule has 2 aromatic heterocycles. The molecule has 2 aromatic rings. The Morgan fingerprint density at radius 3 is 2.94 bits per heavy atom. The van der Waals surface area contributed by atoms with E-state index < -0.39 is 0 Å². The number of aromatic nitrogens is 4.